The van der Waals surface area contributed by atoms with Crippen LogP contribution in [0, 0.1) is 0 Å². The van der Waals surface area contributed by atoms with Gasteiger partial charge in [-0.05, 0) is 11.6 Å². The number of hydrogen-bond acceptors (Lipinski definition) is 3. The molecule has 17 heavy (non-hydrogen) atoms. The van der Waals surface area contributed by atoms with E-state index in [-0.39, 0.29) is 12.2 Å². The molecule has 86 valence electrons. The zero-order valence-corrected chi connectivity index (χ0v) is 9.27. The van der Waals surface area contributed by atoms with E-state index in [1.807, 2.05) is 12.1 Å². The molecule has 1 aromatic carbocycles. The lowest BCUT2D eigenvalue weighted by atomic mass is 10.1. The SMILES string of the molecule is Cn1ncc2c3ccc(CO)cc3[nH]c(=O)c21. The van der Waals surface area contributed by atoms with Crippen molar-refractivity contribution in [3.63, 3.8) is 0 Å². The van der Waals surface area contributed by atoms with Gasteiger partial charge in [-0.1, -0.05) is 12.1 Å². The first-order chi connectivity index (χ1) is 8.20. The maximum absolute atomic E-state index is 11.9. The van der Waals surface area contributed by atoms with Gasteiger partial charge >= 0.3 is 0 Å². The fraction of sp³-hybridized carbons (Fsp3) is 0.167. The number of H-pyrrole nitrogens is 1. The van der Waals surface area contributed by atoms with Crippen molar-refractivity contribution >= 4 is 21.8 Å². The lowest BCUT2D eigenvalue weighted by Gasteiger charge is -2.02. The summed E-state index contributed by atoms with van der Waals surface area (Å²) in [6.07, 6.45) is 1.69. The molecule has 0 unspecified atom stereocenters. The Morgan fingerprint density at radius 3 is 3.00 bits per heavy atom. The van der Waals surface area contributed by atoms with Gasteiger partial charge in [0.2, 0.25) is 0 Å². The van der Waals surface area contributed by atoms with Gasteiger partial charge in [0.25, 0.3) is 5.56 Å². The van der Waals surface area contributed by atoms with Crippen molar-refractivity contribution in [2.45, 2.75) is 6.61 Å². The highest BCUT2D eigenvalue weighted by molar-refractivity contribution is 6.03. The summed E-state index contributed by atoms with van der Waals surface area (Å²) < 4.78 is 1.56. The number of nitrogens with one attached hydrogen (secondary N) is 1. The van der Waals surface area contributed by atoms with E-state index in [2.05, 4.69) is 10.1 Å². The van der Waals surface area contributed by atoms with E-state index in [0.29, 0.717) is 5.52 Å². The van der Waals surface area contributed by atoms with Crippen LogP contribution in [0.1, 0.15) is 5.56 Å². The fourth-order valence-corrected chi connectivity index (χ4v) is 2.11. The molecule has 3 rings (SSSR count). The van der Waals surface area contributed by atoms with Gasteiger partial charge in [-0.3, -0.25) is 9.48 Å². The summed E-state index contributed by atoms with van der Waals surface area (Å²) in [4.78, 5) is 14.7. The first-order valence-electron chi connectivity index (χ1n) is 5.28. The molecule has 0 aliphatic carbocycles. The van der Waals surface area contributed by atoms with Crippen LogP contribution in [-0.2, 0) is 13.7 Å². The number of aromatic nitrogens is 3. The van der Waals surface area contributed by atoms with Crippen molar-refractivity contribution in [1.29, 1.82) is 0 Å². The number of aliphatic hydroxyl groups is 1. The summed E-state index contributed by atoms with van der Waals surface area (Å²) in [5.74, 6) is 0. The standard InChI is InChI=1S/C12H11N3O2/c1-15-11-9(5-13-15)8-3-2-7(6-16)4-10(8)14-12(11)17/h2-5,16H,6H2,1H3,(H,14,17). The first kappa shape index (κ1) is 10.0. The van der Waals surface area contributed by atoms with Gasteiger partial charge < -0.3 is 10.1 Å². The molecule has 0 spiro atoms. The molecular formula is C12H11N3O2. The highest BCUT2D eigenvalue weighted by Gasteiger charge is 2.09. The Balaban J connectivity index is 2.53. The zero-order valence-electron chi connectivity index (χ0n) is 9.27. The van der Waals surface area contributed by atoms with E-state index in [4.69, 9.17) is 5.11 Å². The van der Waals surface area contributed by atoms with Crippen molar-refractivity contribution in [3.8, 4) is 0 Å². The number of benzene rings is 1. The van der Waals surface area contributed by atoms with Gasteiger partial charge in [-0.25, -0.2) is 0 Å². The Bertz CT molecular complexity index is 770. The number of hydrogen-bond donors (Lipinski definition) is 2. The lowest BCUT2D eigenvalue weighted by molar-refractivity contribution is 0.282. The number of pyridine rings is 1. The molecule has 2 aromatic heterocycles. The topological polar surface area (TPSA) is 70.9 Å². The molecule has 2 heterocycles. The second-order valence-corrected chi connectivity index (χ2v) is 4.02. The first-order valence-corrected chi connectivity index (χ1v) is 5.28. The quantitative estimate of drug-likeness (QED) is 0.651. The summed E-state index contributed by atoms with van der Waals surface area (Å²) in [6, 6.07) is 5.51. The molecule has 0 atom stereocenters. The fourth-order valence-electron chi connectivity index (χ4n) is 2.11. The molecule has 0 fully saturated rings. The zero-order chi connectivity index (χ0) is 12.0. The largest absolute Gasteiger partial charge is 0.392 e. The molecule has 0 saturated heterocycles. The van der Waals surface area contributed by atoms with Crippen molar-refractivity contribution in [1.82, 2.24) is 14.8 Å². The molecule has 2 N–H and O–H groups in total. The Morgan fingerprint density at radius 2 is 2.24 bits per heavy atom. The van der Waals surface area contributed by atoms with Crippen LogP contribution in [0.2, 0.25) is 0 Å². The maximum Gasteiger partial charge on any atom is 0.274 e. The summed E-state index contributed by atoms with van der Waals surface area (Å²) in [7, 11) is 1.74. The molecule has 5 heteroatoms. The van der Waals surface area contributed by atoms with Gasteiger partial charge in [-0.2, -0.15) is 5.10 Å². The van der Waals surface area contributed by atoms with E-state index in [9.17, 15) is 4.79 Å². The van der Waals surface area contributed by atoms with Crippen LogP contribution in [0.15, 0.2) is 29.2 Å². The smallest absolute Gasteiger partial charge is 0.274 e. The number of aromatic amines is 1. The predicted molar refractivity (Wildman–Crippen MR) is 64.8 cm³/mol. The van der Waals surface area contributed by atoms with Gasteiger partial charge in [0.15, 0.2) is 0 Å². The van der Waals surface area contributed by atoms with Crippen LogP contribution in [0.4, 0.5) is 0 Å². The van der Waals surface area contributed by atoms with Gasteiger partial charge in [0, 0.05) is 23.3 Å². The minimum absolute atomic E-state index is 0.0386. The Labute approximate surface area is 96.3 Å². The van der Waals surface area contributed by atoms with Crippen LogP contribution >= 0.6 is 0 Å². The van der Waals surface area contributed by atoms with Crippen LogP contribution in [-0.4, -0.2) is 19.9 Å². The molecule has 0 aliphatic heterocycles. The Kier molecular flexibility index (Phi) is 2.02. The Morgan fingerprint density at radius 1 is 1.41 bits per heavy atom. The van der Waals surface area contributed by atoms with Crippen LogP contribution < -0.4 is 5.56 Å². The predicted octanol–water partition coefficient (Wildman–Crippen LogP) is 0.907. The van der Waals surface area contributed by atoms with Gasteiger partial charge in [0.05, 0.1) is 12.8 Å². The van der Waals surface area contributed by atoms with Gasteiger partial charge in [-0.15, -0.1) is 0 Å². The molecule has 3 aromatic rings. The molecule has 0 saturated carbocycles. The third kappa shape index (κ3) is 1.36. The molecular weight excluding hydrogens is 218 g/mol. The summed E-state index contributed by atoms with van der Waals surface area (Å²) in [5, 5.41) is 14.9. The third-order valence-corrected chi connectivity index (χ3v) is 2.96. The summed E-state index contributed by atoms with van der Waals surface area (Å²) >= 11 is 0. The van der Waals surface area contributed by atoms with E-state index >= 15 is 0 Å². The molecule has 5 nitrogen and oxygen atoms in total. The number of fused-ring (bicyclic) bond motifs is 3. The Hall–Kier alpha value is -2.14. The maximum atomic E-state index is 11.9. The molecule has 0 amide bonds. The average molecular weight is 229 g/mol. The summed E-state index contributed by atoms with van der Waals surface area (Å²) in [6.45, 7) is -0.0386. The van der Waals surface area contributed by atoms with E-state index in [1.54, 1.807) is 24.0 Å². The monoisotopic (exact) mass is 229 g/mol. The number of aryl methyl sites for hydroxylation is 1. The second-order valence-electron chi connectivity index (χ2n) is 4.02. The van der Waals surface area contributed by atoms with Crippen molar-refractivity contribution in [2.75, 3.05) is 0 Å². The lowest BCUT2D eigenvalue weighted by Crippen LogP contribution is -2.10. The van der Waals surface area contributed by atoms with Crippen LogP contribution in [0.3, 0.4) is 0 Å². The van der Waals surface area contributed by atoms with Crippen molar-refractivity contribution < 1.29 is 5.11 Å². The second kappa shape index (κ2) is 3.43. The van der Waals surface area contributed by atoms with Crippen molar-refractivity contribution in [2.24, 2.45) is 7.05 Å². The van der Waals surface area contributed by atoms with E-state index < -0.39 is 0 Å². The minimum Gasteiger partial charge on any atom is -0.392 e. The molecule has 0 bridgehead atoms. The van der Waals surface area contributed by atoms with E-state index in [0.717, 1.165) is 21.9 Å². The molecule has 0 radical (unpaired) electrons. The molecule has 0 aliphatic rings. The van der Waals surface area contributed by atoms with Crippen LogP contribution in [0.25, 0.3) is 21.8 Å². The highest BCUT2D eigenvalue weighted by atomic mass is 16.3. The third-order valence-electron chi connectivity index (χ3n) is 2.96. The van der Waals surface area contributed by atoms with Crippen molar-refractivity contribution in [3.05, 3.63) is 40.3 Å². The normalized spacial score (nSPS) is 11.4. The average Bonchev–Trinajstić information content (AvgIpc) is 2.71. The number of nitrogens with zero attached hydrogens (tertiary/aromatic N) is 2. The number of rotatable bonds is 1. The highest BCUT2D eigenvalue weighted by Crippen LogP contribution is 2.21. The van der Waals surface area contributed by atoms with Gasteiger partial charge in [0.1, 0.15) is 5.52 Å². The minimum atomic E-state index is -0.164. The number of aliphatic hydroxyl groups excluding tert-OH is 1. The summed E-state index contributed by atoms with van der Waals surface area (Å²) in [5.41, 5.74) is 1.90. The van der Waals surface area contributed by atoms with E-state index in [1.165, 1.54) is 0 Å². The van der Waals surface area contributed by atoms with Crippen LogP contribution in [0.5, 0.6) is 0 Å².